The Balaban J connectivity index is 2.83. The first-order valence-electron chi connectivity index (χ1n) is 11.1. The lowest BCUT2D eigenvalue weighted by Crippen LogP contribution is -2.38. The monoisotopic (exact) mass is 484 g/mol. The van der Waals surface area contributed by atoms with Gasteiger partial charge in [-0.25, -0.2) is 0 Å². The summed E-state index contributed by atoms with van der Waals surface area (Å²) in [5, 5.41) is -1.11. The normalized spacial score (nSPS) is 14.4. The van der Waals surface area contributed by atoms with E-state index in [9.17, 15) is 28.7 Å². The van der Waals surface area contributed by atoms with Crippen LogP contribution in [0.1, 0.15) is 66.5 Å². The minimum absolute atomic E-state index is 0.302. The molecule has 0 aliphatic heterocycles. The van der Waals surface area contributed by atoms with Crippen molar-refractivity contribution in [2.45, 2.75) is 65.7 Å². The molecule has 0 unspecified atom stereocenters. The third kappa shape index (κ3) is 4.04. The summed E-state index contributed by atoms with van der Waals surface area (Å²) >= 11 is 0. The van der Waals surface area contributed by atoms with Crippen molar-refractivity contribution in [1.82, 2.24) is 0 Å². The first-order chi connectivity index (χ1) is 14.5. The molecule has 32 heavy (non-hydrogen) atoms. The van der Waals surface area contributed by atoms with Gasteiger partial charge in [-0.3, -0.25) is 9.13 Å². The van der Waals surface area contributed by atoms with Crippen LogP contribution in [0.3, 0.4) is 0 Å². The standard InChI is InChI=1S/C24H38O6P2/c1-15(2)23(16(3)4,31(25,26)27)21-11-9-20-14-22(12-10-19(20)13-21)24(17(5)6,18(7)8)32(28,29)30/h9-18H,1-8H3,(H2,25,26,27)(H2,28,29,30). The van der Waals surface area contributed by atoms with E-state index in [1.165, 1.54) is 0 Å². The van der Waals surface area contributed by atoms with Crippen molar-refractivity contribution in [3.8, 4) is 0 Å². The molecular weight excluding hydrogens is 446 g/mol. The molecule has 0 amide bonds. The highest BCUT2D eigenvalue weighted by atomic mass is 31.2. The van der Waals surface area contributed by atoms with Crippen molar-refractivity contribution in [3.05, 3.63) is 47.5 Å². The summed E-state index contributed by atoms with van der Waals surface area (Å²) < 4.78 is 25.5. The molecular formula is C24H38O6P2. The van der Waals surface area contributed by atoms with Crippen LogP contribution in [0.15, 0.2) is 36.4 Å². The van der Waals surface area contributed by atoms with E-state index in [0.717, 1.165) is 10.8 Å². The molecule has 8 heteroatoms. The SMILES string of the molecule is CC(C)C(c1ccc2cc(C(C(C)C)(C(C)C)P(=O)(O)O)ccc2c1)(C(C)C)P(=O)(O)O. The smallest absolute Gasteiger partial charge is 0.324 e. The topological polar surface area (TPSA) is 115 Å². The Bertz CT molecular complexity index is 960. The summed E-state index contributed by atoms with van der Waals surface area (Å²) in [5.74, 6) is -1.21. The molecule has 180 valence electrons. The Morgan fingerprint density at radius 1 is 0.562 bits per heavy atom. The van der Waals surface area contributed by atoms with Crippen molar-refractivity contribution >= 4 is 26.0 Å². The molecule has 0 heterocycles. The second-order valence-electron chi connectivity index (χ2n) is 10.1. The van der Waals surface area contributed by atoms with Crippen LogP contribution in [-0.4, -0.2) is 19.6 Å². The van der Waals surface area contributed by atoms with Crippen molar-refractivity contribution in [3.63, 3.8) is 0 Å². The van der Waals surface area contributed by atoms with Gasteiger partial charge >= 0.3 is 15.2 Å². The van der Waals surface area contributed by atoms with Crippen LogP contribution in [0.5, 0.6) is 0 Å². The molecule has 4 N–H and O–H groups in total. The van der Waals surface area contributed by atoms with Gasteiger partial charge in [0.05, 0.1) is 0 Å². The Hall–Kier alpha value is -1.00. The molecule has 0 aliphatic rings. The molecule has 2 aromatic rings. The second-order valence-corrected chi connectivity index (χ2v) is 13.8. The van der Waals surface area contributed by atoms with Crippen LogP contribution in [0.2, 0.25) is 0 Å². The van der Waals surface area contributed by atoms with Crippen molar-refractivity contribution in [2.24, 2.45) is 23.7 Å². The van der Waals surface area contributed by atoms with Gasteiger partial charge < -0.3 is 19.6 Å². The summed E-state index contributed by atoms with van der Waals surface area (Å²) in [6.07, 6.45) is 0. The summed E-state index contributed by atoms with van der Waals surface area (Å²) in [5.41, 5.74) is 1.15. The van der Waals surface area contributed by atoms with Crippen LogP contribution < -0.4 is 0 Å². The fourth-order valence-electron chi connectivity index (χ4n) is 6.09. The molecule has 0 aromatic heterocycles. The van der Waals surface area contributed by atoms with Crippen molar-refractivity contribution < 1.29 is 28.7 Å². The lowest BCUT2D eigenvalue weighted by molar-refractivity contribution is 0.237. The number of benzene rings is 2. The average molecular weight is 485 g/mol. The van der Waals surface area contributed by atoms with Gasteiger partial charge in [-0.15, -0.1) is 0 Å². The highest BCUT2D eigenvalue weighted by Gasteiger charge is 2.54. The van der Waals surface area contributed by atoms with Gasteiger partial charge in [-0.2, -0.15) is 0 Å². The minimum atomic E-state index is -4.51. The predicted octanol–water partition coefficient (Wildman–Crippen LogP) is 6.21. The number of rotatable bonds is 8. The Kier molecular flexibility index (Phi) is 7.65. The van der Waals surface area contributed by atoms with E-state index in [2.05, 4.69) is 0 Å². The van der Waals surface area contributed by atoms with Crippen LogP contribution in [0, 0.1) is 23.7 Å². The summed E-state index contributed by atoms with van der Waals surface area (Å²) in [6.45, 7) is 14.6. The van der Waals surface area contributed by atoms with E-state index in [1.807, 2.05) is 67.5 Å². The maximum Gasteiger partial charge on any atom is 0.336 e. The first-order valence-corrected chi connectivity index (χ1v) is 14.3. The average Bonchev–Trinajstić information content (AvgIpc) is 2.58. The molecule has 0 saturated heterocycles. The third-order valence-corrected chi connectivity index (χ3v) is 11.8. The zero-order valence-electron chi connectivity index (χ0n) is 20.3. The lowest BCUT2D eigenvalue weighted by atomic mass is 9.77. The molecule has 0 bridgehead atoms. The largest absolute Gasteiger partial charge is 0.336 e. The number of fused-ring (bicyclic) bond motifs is 1. The first kappa shape index (κ1) is 27.2. The van der Waals surface area contributed by atoms with Crippen molar-refractivity contribution in [1.29, 1.82) is 0 Å². The number of hydrogen-bond acceptors (Lipinski definition) is 2. The Morgan fingerprint density at radius 2 is 0.812 bits per heavy atom. The van der Waals surface area contributed by atoms with Crippen LogP contribution in [-0.2, 0) is 19.4 Å². The second kappa shape index (κ2) is 8.98. The van der Waals surface area contributed by atoms with Gasteiger partial charge in [0.2, 0.25) is 0 Å². The predicted molar refractivity (Wildman–Crippen MR) is 131 cm³/mol. The zero-order chi connectivity index (χ0) is 24.9. The van der Waals surface area contributed by atoms with Gasteiger partial charge in [0.25, 0.3) is 0 Å². The molecule has 0 fully saturated rings. The third-order valence-electron chi connectivity index (χ3n) is 7.25. The molecule has 0 saturated carbocycles. The lowest BCUT2D eigenvalue weighted by Gasteiger charge is -2.42. The van der Waals surface area contributed by atoms with Gasteiger partial charge in [-0.1, -0.05) is 79.7 Å². The van der Waals surface area contributed by atoms with E-state index in [1.54, 1.807) is 24.3 Å². The van der Waals surface area contributed by atoms with Crippen LogP contribution in [0.4, 0.5) is 0 Å². The zero-order valence-corrected chi connectivity index (χ0v) is 22.1. The fourth-order valence-corrected chi connectivity index (χ4v) is 9.73. The van der Waals surface area contributed by atoms with E-state index < -0.39 is 25.5 Å². The van der Waals surface area contributed by atoms with Gasteiger partial charge in [0, 0.05) is 0 Å². The van der Waals surface area contributed by atoms with Crippen LogP contribution >= 0.6 is 15.2 Å². The number of hydrogen-bond donors (Lipinski definition) is 4. The summed E-state index contributed by atoms with van der Waals surface area (Å²) in [6, 6.07) is 10.7. The van der Waals surface area contributed by atoms with E-state index in [0.29, 0.717) is 11.1 Å². The van der Waals surface area contributed by atoms with Gasteiger partial charge in [0.15, 0.2) is 0 Å². The highest BCUT2D eigenvalue weighted by molar-refractivity contribution is 7.53. The van der Waals surface area contributed by atoms with E-state index in [-0.39, 0.29) is 23.7 Å². The van der Waals surface area contributed by atoms with E-state index >= 15 is 0 Å². The maximum atomic E-state index is 12.7. The summed E-state index contributed by atoms with van der Waals surface area (Å²) in [4.78, 5) is 41.5. The Labute approximate surface area is 191 Å². The fraction of sp³-hybridized carbons (Fsp3) is 0.583. The molecule has 2 aromatic carbocycles. The Morgan fingerprint density at radius 3 is 1.00 bits per heavy atom. The summed E-state index contributed by atoms with van der Waals surface area (Å²) in [7, 11) is -9.01. The highest BCUT2D eigenvalue weighted by Crippen LogP contribution is 2.66. The van der Waals surface area contributed by atoms with Gasteiger partial charge in [-0.05, 0) is 57.7 Å². The molecule has 0 atom stereocenters. The molecule has 0 radical (unpaired) electrons. The minimum Gasteiger partial charge on any atom is -0.324 e. The molecule has 2 rings (SSSR count). The quantitative estimate of drug-likeness (QED) is 0.331. The van der Waals surface area contributed by atoms with Crippen molar-refractivity contribution in [2.75, 3.05) is 0 Å². The maximum absolute atomic E-state index is 12.7. The van der Waals surface area contributed by atoms with Gasteiger partial charge in [0.1, 0.15) is 10.3 Å². The molecule has 6 nitrogen and oxygen atoms in total. The molecule has 0 spiro atoms. The molecule has 0 aliphatic carbocycles. The van der Waals surface area contributed by atoms with Crippen LogP contribution in [0.25, 0.3) is 10.8 Å². The van der Waals surface area contributed by atoms with E-state index in [4.69, 9.17) is 0 Å².